The lowest BCUT2D eigenvalue weighted by Crippen LogP contribution is -2.51. The summed E-state index contributed by atoms with van der Waals surface area (Å²) in [4.78, 5) is 16.2. The molecule has 1 amide bonds. The lowest BCUT2D eigenvalue weighted by atomic mass is 10.1. The molecule has 0 aromatic heterocycles. The van der Waals surface area contributed by atoms with E-state index in [-0.39, 0.29) is 11.8 Å². The topological polar surface area (TPSA) is 53.0 Å². The molecule has 5 heteroatoms. The smallest absolute Gasteiger partial charge is 0.225 e. The van der Waals surface area contributed by atoms with Crippen LogP contribution >= 0.6 is 0 Å². The zero-order valence-corrected chi connectivity index (χ0v) is 12.5. The Labute approximate surface area is 116 Å². The van der Waals surface area contributed by atoms with Crippen molar-refractivity contribution in [2.75, 3.05) is 45.9 Å². The van der Waals surface area contributed by atoms with Crippen molar-refractivity contribution in [1.29, 1.82) is 0 Å². The number of carbonyl (C=O) groups is 1. The van der Waals surface area contributed by atoms with Crippen LogP contribution in [-0.4, -0.2) is 72.9 Å². The summed E-state index contributed by atoms with van der Waals surface area (Å²) in [6.07, 6.45) is 0.461. The maximum Gasteiger partial charge on any atom is 0.225 e. The van der Waals surface area contributed by atoms with Gasteiger partial charge in [0, 0.05) is 45.2 Å². The van der Waals surface area contributed by atoms with E-state index in [0.717, 1.165) is 32.6 Å². The van der Waals surface area contributed by atoms with E-state index in [9.17, 15) is 9.90 Å². The summed E-state index contributed by atoms with van der Waals surface area (Å²) in [7, 11) is 0. The van der Waals surface area contributed by atoms with E-state index in [1.807, 2.05) is 25.7 Å². The van der Waals surface area contributed by atoms with Gasteiger partial charge in [0.15, 0.2) is 0 Å². The number of amides is 1. The Kier molecular flexibility index (Phi) is 7.34. The third-order valence-corrected chi connectivity index (χ3v) is 3.70. The van der Waals surface area contributed by atoms with Gasteiger partial charge in [-0.2, -0.15) is 0 Å². The summed E-state index contributed by atoms with van der Waals surface area (Å²) in [5.41, 5.74) is 0. The zero-order valence-electron chi connectivity index (χ0n) is 12.5. The summed E-state index contributed by atoms with van der Waals surface area (Å²) in [5.74, 6) is 0.382. The fourth-order valence-electron chi connectivity index (χ4n) is 2.24. The van der Waals surface area contributed by atoms with Crippen LogP contribution in [0.5, 0.6) is 0 Å². The van der Waals surface area contributed by atoms with Gasteiger partial charge in [0.2, 0.25) is 5.91 Å². The Hall–Kier alpha value is -0.650. The molecule has 1 rings (SSSR count). The number of ether oxygens (including phenoxy) is 1. The van der Waals surface area contributed by atoms with Gasteiger partial charge >= 0.3 is 0 Å². The van der Waals surface area contributed by atoms with E-state index in [0.29, 0.717) is 19.8 Å². The third-order valence-electron chi connectivity index (χ3n) is 3.70. The number of hydrogen-bond acceptors (Lipinski definition) is 4. The summed E-state index contributed by atoms with van der Waals surface area (Å²) in [6, 6.07) is 0. The van der Waals surface area contributed by atoms with E-state index >= 15 is 0 Å². The van der Waals surface area contributed by atoms with Crippen LogP contribution in [0.25, 0.3) is 0 Å². The van der Waals surface area contributed by atoms with Crippen LogP contribution in [0.4, 0.5) is 0 Å². The third kappa shape index (κ3) is 5.47. The number of aliphatic hydroxyl groups excluding tert-OH is 1. The van der Waals surface area contributed by atoms with Crippen LogP contribution in [0.2, 0.25) is 0 Å². The lowest BCUT2D eigenvalue weighted by Gasteiger charge is -2.36. The second-order valence-corrected chi connectivity index (χ2v) is 5.25. The van der Waals surface area contributed by atoms with Crippen LogP contribution in [0.15, 0.2) is 0 Å². The number of aliphatic hydroxyl groups is 1. The highest BCUT2D eigenvalue weighted by atomic mass is 16.5. The Balaban J connectivity index is 2.27. The van der Waals surface area contributed by atoms with Gasteiger partial charge < -0.3 is 14.7 Å². The minimum absolute atomic E-state index is 0.120. The molecule has 112 valence electrons. The number of nitrogens with zero attached hydrogens (tertiary/aromatic N) is 2. The average Bonchev–Trinajstić information content (AvgIpc) is 2.44. The molecule has 0 aromatic rings. The van der Waals surface area contributed by atoms with Crippen LogP contribution < -0.4 is 0 Å². The predicted octanol–water partition coefficient (Wildman–Crippen LogP) is 0.574. The maximum atomic E-state index is 12.0. The summed E-state index contributed by atoms with van der Waals surface area (Å²) in [5, 5.41) is 9.79. The number of β-amino-alcohol motifs (C(OH)–C–C–N with tert-alkyl or cyclic N) is 1. The minimum Gasteiger partial charge on any atom is -0.389 e. The Bertz CT molecular complexity index is 265. The lowest BCUT2D eigenvalue weighted by molar-refractivity contribution is -0.137. The number of hydrogen-bond donors (Lipinski definition) is 1. The van der Waals surface area contributed by atoms with Crippen molar-refractivity contribution in [3.8, 4) is 0 Å². The van der Waals surface area contributed by atoms with E-state index in [2.05, 4.69) is 4.90 Å². The molecular formula is C14H28N2O3. The Morgan fingerprint density at radius 2 is 1.89 bits per heavy atom. The second-order valence-electron chi connectivity index (χ2n) is 5.25. The monoisotopic (exact) mass is 272 g/mol. The first-order chi connectivity index (χ1) is 9.08. The first-order valence-electron chi connectivity index (χ1n) is 7.35. The van der Waals surface area contributed by atoms with Gasteiger partial charge in [-0.25, -0.2) is 0 Å². The van der Waals surface area contributed by atoms with Gasteiger partial charge in [-0.05, 0) is 13.3 Å². The quantitative estimate of drug-likeness (QED) is 0.736. The highest BCUT2D eigenvalue weighted by Gasteiger charge is 2.24. The largest absolute Gasteiger partial charge is 0.389 e. The maximum absolute atomic E-state index is 12.0. The normalized spacial score (nSPS) is 20.3. The molecule has 1 aliphatic rings. The Morgan fingerprint density at radius 1 is 1.26 bits per heavy atom. The fourth-order valence-corrected chi connectivity index (χ4v) is 2.24. The van der Waals surface area contributed by atoms with Crippen LogP contribution in [0.3, 0.4) is 0 Å². The molecule has 0 aromatic carbocycles. The number of rotatable bonds is 7. The molecule has 0 unspecified atom stereocenters. The molecule has 0 saturated carbocycles. The van der Waals surface area contributed by atoms with Crippen LogP contribution in [-0.2, 0) is 9.53 Å². The second kappa shape index (κ2) is 8.51. The highest BCUT2D eigenvalue weighted by Crippen LogP contribution is 2.10. The molecular weight excluding hydrogens is 244 g/mol. The molecule has 5 nitrogen and oxygen atoms in total. The van der Waals surface area contributed by atoms with Gasteiger partial charge in [-0.3, -0.25) is 9.69 Å². The molecule has 19 heavy (non-hydrogen) atoms. The van der Waals surface area contributed by atoms with E-state index in [4.69, 9.17) is 4.74 Å². The van der Waals surface area contributed by atoms with Crippen molar-refractivity contribution < 1.29 is 14.6 Å². The number of carbonyl (C=O) groups excluding carboxylic acids is 1. The summed E-state index contributed by atoms with van der Waals surface area (Å²) in [6.45, 7) is 10.8. The Morgan fingerprint density at radius 3 is 2.42 bits per heavy atom. The molecule has 1 N–H and O–H groups in total. The molecule has 1 aliphatic heterocycles. The first kappa shape index (κ1) is 16.4. The first-order valence-corrected chi connectivity index (χ1v) is 7.35. The van der Waals surface area contributed by atoms with Crippen molar-refractivity contribution in [2.45, 2.75) is 33.3 Å². The summed E-state index contributed by atoms with van der Waals surface area (Å²) >= 11 is 0. The van der Waals surface area contributed by atoms with Crippen LogP contribution in [0, 0.1) is 5.92 Å². The van der Waals surface area contributed by atoms with Crippen molar-refractivity contribution in [1.82, 2.24) is 9.80 Å². The summed E-state index contributed by atoms with van der Waals surface area (Å²) < 4.78 is 5.20. The number of piperazine rings is 1. The minimum atomic E-state index is -0.434. The molecule has 1 heterocycles. The molecule has 1 fully saturated rings. The standard InChI is InChI=1S/C14H28N2O3/c1-4-12(3)14(18)16-8-6-15(7-9-16)10-13(17)11-19-5-2/h12-13,17H,4-11H2,1-3H3/t12-,13-/m0/s1. The SMILES string of the molecule is CCOC[C@@H](O)CN1CCN(C(=O)[C@@H](C)CC)CC1. The predicted molar refractivity (Wildman–Crippen MR) is 75.0 cm³/mol. The van der Waals surface area contributed by atoms with Crippen molar-refractivity contribution in [3.63, 3.8) is 0 Å². The van der Waals surface area contributed by atoms with Gasteiger partial charge in [0.05, 0.1) is 12.7 Å². The average molecular weight is 272 g/mol. The molecule has 0 aliphatic carbocycles. The van der Waals surface area contributed by atoms with Crippen molar-refractivity contribution >= 4 is 5.91 Å². The highest BCUT2D eigenvalue weighted by molar-refractivity contribution is 5.78. The molecule has 2 atom stereocenters. The van der Waals surface area contributed by atoms with Crippen LogP contribution in [0.1, 0.15) is 27.2 Å². The molecule has 1 saturated heterocycles. The fraction of sp³-hybridized carbons (Fsp3) is 0.929. The van der Waals surface area contributed by atoms with Gasteiger partial charge in [-0.15, -0.1) is 0 Å². The zero-order chi connectivity index (χ0) is 14.3. The van der Waals surface area contributed by atoms with Crippen molar-refractivity contribution in [3.05, 3.63) is 0 Å². The van der Waals surface area contributed by atoms with E-state index in [1.165, 1.54) is 0 Å². The van der Waals surface area contributed by atoms with Gasteiger partial charge in [0.25, 0.3) is 0 Å². The van der Waals surface area contributed by atoms with E-state index in [1.54, 1.807) is 0 Å². The van der Waals surface area contributed by atoms with Gasteiger partial charge in [-0.1, -0.05) is 13.8 Å². The molecule has 0 spiro atoms. The molecule has 0 radical (unpaired) electrons. The molecule has 0 bridgehead atoms. The van der Waals surface area contributed by atoms with Gasteiger partial charge in [0.1, 0.15) is 0 Å². The van der Waals surface area contributed by atoms with E-state index < -0.39 is 6.10 Å². The van der Waals surface area contributed by atoms with Crippen molar-refractivity contribution in [2.24, 2.45) is 5.92 Å².